The number of fused-ring (bicyclic) bond motifs is 1. The van der Waals surface area contributed by atoms with E-state index >= 15 is 0 Å². The fourth-order valence-corrected chi connectivity index (χ4v) is 3.14. The zero-order valence-corrected chi connectivity index (χ0v) is 15.2. The van der Waals surface area contributed by atoms with E-state index < -0.39 is 0 Å². The molecule has 0 bridgehead atoms. The molecular weight excluding hydrogens is 306 g/mol. The van der Waals surface area contributed by atoms with Crippen molar-refractivity contribution in [3.63, 3.8) is 0 Å². The van der Waals surface area contributed by atoms with Gasteiger partial charge in [0, 0.05) is 29.1 Å². The minimum atomic E-state index is -0.320. The molecule has 2 aromatic carbocycles. The first-order valence-corrected chi connectivity index (χ1v) is 8.86. The molecule has 1 atom stereocenters. The molecule has 2 heteroatoms. The number of carbonyl (C=O) groups is 1. The molecule has 0 N–H and O–H groups in total. The van der Waals surface area contributed by atoms with Crippen LogP contribution in [-0.2, 0) is 11.2 Å². The van der Waals surface area contributed by atoms with Gasteiger partial charge in [0.05, 0.1) is 0 Å². The standard InChI is InChI=1S/C23H25NO/c1-23(2,3)22(25)16-19(17-9-5-4-6-10-17)15-21-20-12-8-7-11-18(20)13-14-24-21/h4-14,19H,15-16H2,1-3H3/t19-/m1/s1. The Morgan fingerprint density at radius 3 is 2.36 bits per heavy atom. The number of carbonyl (C=O) groups excluding carboxylic acids is 1. The molecule has 0 aliphatic rings. The van der Waals surface area contributed by atoms with Gasteiger partial charge in [-0.1, -0.05) is 75.4 Å². The van der Waals surface area contributed by atoms with Crippen molar-refractivity contribution in [1.82, 2.24) is 4.98 Å². The molecule has 2 nitrogen and oxygen atoms in total. The summed E-state index contributed by atoms with van der Waals surface area (Å²) in [6, 6.07) is 20.7. The number of aromatic nitrogens is 1. The third-order valence-electron chi connectivity index (χ3n) is 4.74. The Labute approximate surface area is 149 Å². The summed E-state index contributed by atoms with van der Waals surface area (Å²) in [6.07, 6.45) is 3.18. The Bertz CT molecular complexity index is 857. The minimum Gasteiger partial charge on any atom is -0.299 e. The summed E-state index contributed by atoms with van der Waals surface area (Å²) in [5, 5.41) is 2.37. The van der Waals surface area contributed by atoms with Gasteiger partial charge in [-0.05, 0) is 29.4 Å². The number of ketones is 1. The zero-order valence-electron chi connectivity index (χ0n) is 15.2. The molecule has 0 spiro atoms. The fourth-order valence-electron chi connectivity index (χ4n) is 3.14. The summed E-state index contributed by atoms with van der Waals surface area (Å²) in [5.74, 6) is 0.438. The quantitative estimate of drug-likeness (QED) is 0.612. The van der Waals surface area contributed by atoms with Crippen LogP contribution in [0.15, 0.2) is 66.9 Å². The molecular formula is C23H25NO. The molecule has 25 heavy (non-hydrogen) atoms. The minimum absolute atomic E-state index is 0.145. The molecule has 0 fully saturated rings. The van der Waals surface area contributed by atoms with E-state index in [9.17, 15) is 4.79 Å². The van der Waals surface area contributed by atoms with Crippen molar-refractivity contribution in [1.29, 1.82) is 0 Å². The van der Waals surface area contributed by atoms with Crippen molar-refractivity contribution in [2.45, 2.75) is 39.5 Å². The number of rotatable bonds is 5. The molecule has 1 aromatic heterocycles. The normalized spacial score (nSPS) is 12.9. The van der Waals surface area contributed by atoms with Crippen LogP contribution in [-0.4, -0.2) is 10.8 Å². The molecule has 128 valence electrons. The molecule has 0 aliphatic carbocycles. The predicted molar refractivity (Wildman–Crippen MR) is 104 cm³/mol. The van der Waals surface area contributed by atoms with E-state index in [1.807, 2.05) is 63.4 Å². The van der Waals surface area contributed by atoms with Gasteiger partial charge in [-0.2, -0.15) is 0 Å². The summed E-state index contributed by atoms with van der Waals surface area (Å²) in [5.41, 5.74) is 1.95. The lowest BCUT2D eigenvalue weighted by Gasteiger charge is -2.23. The highest BCUT2D eigenvalue weighted by molar-refractivity contribution is 5.85. The van der Waals surface area contributed by atoms with Gasteiger partial charge in [0.25, 0.3) is 0 Å². The summed E-state index contributed by atoms with van der Waals surface area (Å²) in [6.45, 7) is 5.98. The van der Waals surface area contributed by atoms with E-state index in [2.05, 4.69) is 29.2 Å². The number of benzene rings is 2. The summed E-state index contributed by atoms with van der Waals surface area (Å²) in [7, 11) is 0. The lowest BCUT2D eigenvalue weighted by molar-refractivity contribution is -0.126. The number of Topliss-reactive ketones (excluding diaryl/α,β-unsaturated/α-hetero) is 1. The maximum Gasteiger partial charge on any atom is 0.138 e. The molecule has 0 radical (unpaired) electrons. The average Bonchev–Trinajstić information content (AvgIpc) is 2.61. The predicted octanol–water partition coefficient (Wildman–Crippen LogP) is 5.57. The number of hydrogen-bond acceptors (Lipinski definition) is 2. The van der Waals surface area contributed by atoms with Crippen molar-refractivity contribution in [3.8, 4) is 0 Å². The van der Waals surface area contributed by atoms with Gasteiger partial charge < -0.3 is 0 Å². The van der Waals surface area contributed by atoms with Gasteiger partial charge in [-0.3, -0.25) is 9.78 Å². The average molecular weight is 331 g/mol. The number of nitrogens with zero attached hydrogens (tertiary/aromatic N) is 1. The first-order chi connectivity index (χ1) is 11.9. The second-order valence-electron chi connectivity index (χ2n) is 7.67. The second kappa shape index (κ2) is 7.18. The van der Waals surface area contributed by atoms with Gasteiger partial charge in [-0.15, -0.1) is 0 Å². The van der Waals surface area contributed by atoms with Crippen LogP contribution in [0.5, 0.6) is 0 Å². The summed E-state index contributed by atoms with van der Waals surface area (Å²) >= 11 is 0. The first-order valence-electron chi connectivity index (χ1n) is 8.86. The molecule has 0 unspecified atom stereocenters. The second-order valence-corrected chi connectivity index (χ2v) is 7.67. The van der Waals surface area contributed by atoms with Gasteiger partial charge >= 0.3 is 0 Å². The highest BCUT2D eigenvalue weighted by atomic mass is 16.1. The summed E-state index contributed by atoms with van der Waals surface area (Å²) in [4.78, 5) is 17.3. The van der Waals surface area contributed by atoms with Gasteiger partial charge in [0.15, 0.2) is 0 Å². The largest absolute Gasteiger partial charge is 0.299 e. The van der Waals surface area contributed by atoms with E-state index in [1.54, 1.807) is 0 Å². The van der Waals surface area contributed by atoms with Crippen LogP contribution in [0.1, 0.15) is 44.4 Å². The van der Waals surface area contributed by atoms with E-state index in [4.69, 9.17) is 0 Å². The van der Waals surface area contributed by atoms with Gasteiger partial charge in [0.1, 0.15) is 5.78 Å². The van der Waals surface area contributed by atoms with E-state index in [-0.39, 0.29) is 11.3 Å². The Kier molecular flexibility index (Phi) is 4.98. The lowest BCUT2D eigenvalue weighted by atomic mass is 9.81. The van der Waals surface area contributed by atoms with E-state index in [0.29, 0.717) is 12.2 Å². The Balaban J connectivity index is 1.96. The summed E-state index contributed by atoms with van der Waals surface area (Å²) < 4.78 is 0. The van der Waals surface area contributed by atoms with Crippen LogP contribution in [0.3, 0.4) is 0 Å². The highest BCUT2D eigenvalue weighted by Gasteiger charge is 2.26. The van der Waals surface area contributed by atoms with E-state index in [1.165, 1.54) is 16.3 Å². The van der Waals surface area contributed by atoms with Crippen molar-refractivity contribution in [3.05, 3.63) is 78.1 Å². The zero-order chi connectivity index (χ0) is 17.9. The molecule has 3 rings (SSSR count). The third-order valence-corrected chi connectivity index (χ3v) is 4.74. The van der Waals surface area contributed by atoms with Crippen molar-refractivity contribution in [2.24, 2.45) is 5.41 Å². The van der Waals surface area contributed by atoms with Crippen LogP contribution in [0.25, 0.3) is 10.8 Å². The molecule has 0 aliphatic heterocycles. The van der Waals surface area contributed by atoms with Crippen LogP contribution in [0.2, 0.25) is 0 Å². The highest BCUT2D eigenvalue weighted by Crippen LogP contribution is 2.30. The fraction of sp³-hybridized carbons (Fsp3) is 0.304. The van der Waals surface area contributed by atoms with Crippen LogP contribution in [0, 0.1) is 5.41 Å². The van der Waals surface area contributed by atoms with Crippen LogP contribution >= 0.6 is 0 Å². The SMILES string of the molecule is CC(C)(C)C(=O)C[C@@H](Cc1nccc2ccccc12)c1ccccc1. The lowest BCUT2D eigenvalue weighted by Crippen LogP contribution is -2.23. The molecule has 3 aromatic rings. The van der Waals surface area contributed by atoms with Crippen molar-refractivity contribution in [2.75, 3.05) is 0 Å². The Morgan fingerprint density at radius 1 is 0.960 bits per heavy atom. The van der Waals surface area contributed by atoms with Crippen molar-refractivity contribution >= 4 is 16.6 Å². The molecule has 1 heterocycles. The number of hydrogen-bond donors (Lipinski definition) is 0. The van der Waals surface area contributed by atoms with Gasteiger partial charge in [0.2, 0.25) is 0 Å². The third kappa shape index (κ3) is 4.14. The number of pyridine rings is 1. The topological polar surface area (TPSA) is 30.0 Å². The molecule has 0 saturated heterocycles. The smallest absolute Gasteiger partial charge is 0.138 e. The first kappa shape index (κ1) is 17.3. The monoisotopic (exact) mass is 331 g/mol. The van der Waals surface area contributed by atoms with Crippen LogP contribution in [0.4, 0.5) is 0 Å². The van der Waals surface area contributed by atoms with Gasteiger partial charge in [-0.25, -0.2) is 0 Å². The van der Waals surface area contributed by atoms with E-state index in [0.717, 1.165) is 12.1 Å². The Hall–Kier alpha value is -2.48. The molecule has 0 amide bonds. The maximum atomic E-state index is 12.7. The maximum absolute atomic E-state index is 12.7. The van der Waals surface area contributed by atoms with Crippen LogP contribution < -0.4 is 0 Å². The Morgan fingerprint density at radius 2 is 1.64 bits per heavy atom. The van der Waals surface area contributed by atoms with Crippen molar-refractivity contribution < 1.29 is 4.79 Å². The molecule has 0 saturated carbocycles.